The van der Waals surface area contributed by atoms with Gasteiger partial charge in [0.1, 0.15) is 5.75 Å². The molecule has 0 aromatic heterocycles. The molecule has 1 heterocycles. The molecule has 23 heavy (non-hydrogen) atoms. The van der Waals surface area contributed by atoms with Gasteiger partial charge in [-0.3, -0.25) is 9.59 Å². The number of nitrogens with one attached hydrogen (secondary N) is 1. The summed E-state index contributed by atoms with van der Waals surface area (Å²) in [6.45, 7) is 0. The number of anilines is 1. The zero-order chi connectivity index (χ0) is 16.4. The van der Waals surface area contributed by atoms with Crippen LogP contribution in [-0.4, -0.2) is 28.9 Å². The van der Waals surface area contributed by atoms with Crippen molar-refractivity contribution in [2.24, 2.45) is 5.92 Å². The van der Waals surface area contributed by atoms with Gasteiger partial charge in [0.25, 0.3) is 0 Å². The zero-order valence-electron chi connectivity index (χ0n) is 12.8. The minimum atomic E-state index is -0.441. The standard InChI is InChI=1S/C18H18N2O3/c1-20-16(22)11-15(17(20)12-5-3-2-4-6-12)18(23)19-13-7-9-14(21)10-8-13/h2-10,15,17,21H,11H2,1H3,(H,19,23)/t15-,17-/m0/s1. The van der Waals surface area contributed by atoms with Crippen molar-refractivity contribution < 1.29 is 14.7 Å². The van der Waals surface area contributed by atoms with Gasteiger partial charge in [0, 0.05) is 19.2 Å². The number of phenols is 1. The van der Waals surface area contributed by atoms with Gasteiger partial charge < -0.3 is 15.3 Å². The van der Waals surface area contributed by atoms with Crippen LogP contribution in [0.4, 0.5) is 5.69 Å². The van der Waals surface area contributed by atoms with Crippen LogP contribution in [-0.2, 0) is 9.59 Å². The average molecular weight is 310 g/mol. The fraction of sp³-hybridized carbons (Fsp3) is 0.222. The molecule has 5 heteroatoms. The Morgan fingerprint density at radius 2 is 1.78 bits per heavy atom. The van der Waals surface area contributed by atoms with Crippen LogP contribution in [0.2, 0.25) is 0 Å². The summed E-state index contributed by atoms with van der Waals surface area (Å²) in [6.07, 6.45) is 0.194. The van der Waals surface area contributed by atoms with Gasteiger partial charge in [0.05, 0.1) is 12.0 Å². The molecule has 2 aromatic carbocycles. The van der Waals surface area contributed by atoms with Gasteiger partial charge in [-0.1, -0.05) is 30.3 Å². The third-order valence-corrected chi connectivity index (χ3v) is 4.20. The molecule has 2 aromatic rings. The molecule has 3 rings (SSSR count). The lowest BCUT2D eigenvalue weighted by atomic mass is 9.93. The van der Waals surface area contributed by atoms with E-state index >= 15 is 0 Å². The van der Waals surface area contributed by atoms with E-state index in [1.54, 1.807) is 24.1 Å². The Labute approximate surface area is 134 Å². The summed E-state index contributed by atoms with van der Waals surface area (Å²) in [6, 6.07) is 15.6. The molecular formula is C18H18N2O3. The second-order valence-corrected chi connectivity index (χ2v) is 5.71. The normalized spacial score (nSPS) is 20.6. The summed E-state index contributed by atoms with van der Waals surface area (Å²) >= 11 is 0. The molecule has 0 bridgehead atoms. The molecule has 0 aliphatic carbocycles. The van der Waals surface area contributed by atoms with Gasteiger partial charge in [-0.25, -0.2) is 0 Å². The van der Waals surface area contributed by atoms with Gasteiger partial charge in [0.15, 0.2) is 0 Å². The number of phenolic OH excluding ortho intramolecular Hbond substituents is 1. The van der Waals surface area contributed by atoms with E-state index < -0.39 is 5.92 Å². The van der Waals surface area contributed by atoms with Crippen molar-refractivity contribution in [3.63, 3.8) is 0 Å². The first-order chi connectivity index (χ1) is 11.1. The van der Waals surface area contributed by atoms with Crippen LogP contribution in [0.15, 0.2) is 54.6 Å². The number of hydrogen-bond donors (Lipinski definition) is 2. The van der Waals surface area contributed by atoms with E-state index in [1.807, 2.05) is 30.3 Å². The molecule has 2 atom stereocenters. The van der Waals surface area contributed by atoms with Crippen molar-refractivity contribution in [1.82, 2.24) is 4.90 Å². The highest BCUT2D eigenvalue weighted by molar-refractivity contribution is 5.97. The first kappa shape index (κ1) is 15.1. The SMILES string of the molecule is CN1C(=O)C[C@H](C(=O)Nc2ccc(O)cc2)[C@@H]1c1ccccc1. The predicted molar refractivity (Wildman–Crippen MR) is 86.8 cm³/mol. The monoisotopic (exact) mass is 310 g/mol. The van der Waals surface area contributed by atoms with E-state index in [1.165, 1.54) is 12.1 Å². The lowest BCUT2D eigenvalue weighted by Crippen LogP contribution is -2.29. The highest BCUT2D eigenvalue weighted by atomic mass is 16.3. The highest BCUT2D eigenvalue weighted by Gasteiger charge is 2.42. The maximum Gasteiger partial charge on any atom is 0.230 e. The van der Waals surface area contributed by atoms with Crippen molar-refractivity contribution in [1.29, 1.82) is 0 Å². The van der Waals surface area contributed by atoms with Crippen LogP contribution in [0.1, 0.15) is 18.0 Å². The number of likely N-dealkylation sites (tertiary alicyclic amines) is 1. The Morgan fingerprint density at radius 1 is 1.13 bits per heavy atom. The zero-order valence-corrected chi connectivity index (χ0v) is 12.8. The minimum Gasteiger partial charge on any atom is -0.508 e. The Bertz CT molecular complexity index is 713. The summed E-state index contributed by atoms with van der Waals surface area (Å²) in [4.78, 5) is 26.3. The first-order valence-corrected chi connectivity index (χ1v) is 7.47. The van der Waals surface area contributed by atoms with E-state index in [2.05, 4.69) is 5.32 Å². The molecule has 0 spiro atoms. The van der Waals surface area contributed by atoms with Crippen LogP contribution in [0.3, 0.4) is 0 Å². The quantitative estimate of drug-likeness (QED) is 0.856. The Balaban J connectivity index is 1.83. The number of amides is 2. The molecule has 1 aliphatic rings. The van der Waals surface area contributed by atoms with E-state index in [0.717, 1.165) is 5.56 Å². The summed E-state index contributed by atoms with van der Waals surface area (Å²) in [5.74, 6) is -0.531. The lowest BCUT2D eigenvalue weighted by molar-refractivity contribution is -0.127. The van der Waals surface area contributed by atoms with Crippen molar-refractivity contribution in [3.8, 4) is 5.75 Å². The Hall–Kier alpha value is -2.82. The number of hydrogen-bond acceptors (Lipinski definition) is 3. The van der Waals surface area contributed by atoms with Crippen molar-refractivity contribution in [2.45, 2.75) is 12.5 Å². The maximum atomic E-state index is 12.6. The van der Waals surface area contributed by atoms with Crippen LogP contribution in [0, 0.1) is 5.92 Å². The number of rotatable bonds is 3. The van der Waals surface area contributed by atoms with Crippen molar-refractivity contribution in [3.05, 3.63) is 60.2 Å². The topological polar surface area (TPSA) is 69.6 Å². The molecule has 2 N–H and O–H groups in total. The molecule has 5 nitrogen and oxygen atoms in total. The number of nitrogens with zero attached hydrogens (tertiary/aromatic N) is 1. The number of benzene rings is 2. The molecule has 1 fully saturated rings. The van der Waals surface area contributed by atoms with Crippen molar-refractivity contribution >= 4 is 17.5 Å². The number of carbonyl (C=O) groups excluding carboxylic acids is 2. The van der Waals surface area contributed by atoms with Gasteiger partial charge in [-0.15, -0.1) is 0 Å². The predicted octanol–water partition coefficient (Wildman–Crippen LogP) is 2.55. The van der Waals surface area contributed by atoms with Gasteiger partial charge in [-0.2, -0.15) is 0 Å². The average Bonchev–Trinajstić information content (AvgIpc) is 2.86. The minimum absolute atomic E-state index is 0.0373. The first-order valence-electron chi connectivity index (χ1n) is 7.47. The molecule has 1 saturated heterocycles. The van der Waals surface area contributed by atoms with E-state index in [9.17, 15) is 14.7 Å². The third kappa shape index (κ3) is 3.04. The molecule has 0 saturated carbocycles. The fourth-order valence-electron chi connectivity index (χ4n) is 2.99. The summed E-state index contributed by atoms with van der Waals surface area (Å²) in [5, 5.41) is 12.1. The van der Waals surface area contributed by atoms with Crippen LogP contribution < -0.4 is 5.32 Å². The molecular weight excluding hydrogens is 292 g/mol. The molecule has 1 aliphatic heterocycles. The molecule has 2 amide bonds. The lowest BCUT2D eigenvalue weighted by Gasteiger charge is -2.24. The number of aromatic hydroxyl groups is 1. The smallest absolute Gasteiger partial charge is 0.230 e. The maximum absolute atomic E-state index is 12.6. The molecule has 0 radical (unpaired) electrons. The summed E-state index contributed by atoms with van der Waals surface area (Å²) in [7, 11) is 1.73. The second-order valence-electron chi connectivity index (χ2n) is 5.71. The summed E-state index contributed by atoms with van der Waals surface area (Å²) in [5.41, 5.74) is 1.55. The van der Waals surface area contributed by atoms with Gasteiger partial charge >= 0.3 is 0 Å². The van der Waals surface area contributed by atoms with Crippen LogP contribution in [0.5, 0.6) is 5.75 Å². The summed E-state index contributed by atoms with van der Waals surface area (Å²) < 4.78 is 0. The second kappa shape index (κ2) is 6.12. The van der Waals surface area contributed by atoms with E-state index in [0.29, 0.717) is 5.69 Å². The Kier molecular flexibility index (Phi) is 4.02. The number of carbonyl (C=O) groups is 2. The van der Waals surface area contributed by atoms with Gasteiger partial charge in [-0.05, 0) is 29.8 Å². The van der Waals surface area contributed by atoms with Crippen molar-refractivity contribution in [2.75, 3.05) is 12.4 Å². The largest absolute Gasteiger partial charge is 0.508 e. The highest BCUT2D eigenvalue weighted by Crippen LogP contribution is 2.37. The van der Waals surface area contributed by atoms with E-state index in [4.69, 9.17) is 0 Å². The van der Waals surface area contributed by atoms with E-state index in [-0.39, 0.29) is 30.0 Å². The molecule has 118 valence electrons. The molecule has 0 unspecified atom stereocenters. The fourth-order valence-corrected chi connectivity index (χ4v) is 2.99. The third-order valence-electron chi connectivity index (χ3n) is 4.20. The Morgan fingerprint density at radius 3 is 2.43 bits per heavy atom. The van der Waals surface area contributed by atoms with Crippen LogP contribution >= 0.6 is 0 Å². The van der Waals surface area contributed by atoms with Crippen LogP contribution in [0.25, 0.3) is 0 Å². The van der Waals surface area contributed by atoms with Gasteiger partial charge in [0.2, 0.25) is 11.8 Å².